The van der Waals surface area contributed by atoms with Crippen LogP contribution < -0.4 is 11.1 Å². The van der Waals surface area contributed by atoms with E-state index in [1.54, 1.807) is 42.1 Å². The average molecular weight is 738 g/mol. The lowest BCUT2D eigenvalue weighted by Gasteiger charge is -2.30. The van der Waals surface area contributed by atoms with E-state index >= 15 is 8.78 Å². The summed E-state index contributed by atoms with van der Waals surface area (Å²) in [5, 5.41) is 21.7. The first kappa shape index (κ1) is 34.6. The molecule has 0 spiro atoms. The molecule has 3 atom stereocenters. The van der Waals surface area contributed by atoms with Crippen LogP contribution in [-0.4, -0.2) is 41.2 Å². The number of aromatic nitrogens is 5. The third-order valence-electron chi connectivity index (χ3n) is 10.2. The van der Waals surface area contributed by atoms with Crippen molar-refractivity contribution in [2.45, 2.75) is 68.3 Å². The van der Waals surface area contributed by atoms with Gasteiger partial charge in [0.2, 0.25) is 5.91 Å². The quantitative estimate of drug-likeness (QED) is 0.133. The molecule has 3 aliphatic rings. The highest BCUT2D eigenvalue weighted by atomic mass is 19.4. The van der Waals surface area contributed by atoms with Gasteiger partial charge in [-0.1, -0.05) is 18.1 Å². The van der Waals surface area contributed by atoms with Crippen molar-refractivity contribution in [2.75, 3.05) is 5.73 Å². The van der Waals surface area contributed by atoms with Crippen LogP contribution in [0.15, 0.2) is 48.5 Å². The lowest BCUT2D eigenvalue weighted by atomic mass is 9.81. The molecule has 2 saturated carbocycles. The van der Waals surface area contributed by atoms with Crippen LogP contribution in [0, 0.1) is 29.4 Å². The number of benzene rings is 2. The predicted octanol–water partition coefficient (Wildman–Crippen LogP) is 6.29. The first-order valence-electron chi connectivity index (χ1n) is 16.8. The molecular formula is C37H30F7N7O2. The number of carbonyl (C=O) groups is 1. The number of aryl methyl sites for hydroxylation is 1. The number of rotatable bonds is 7. The Morgan fingerprint density at radius 3 is 2.51 bits per heavy atom. The van der Waals surface area contributed by atoms with Crippen LogP contribution in [0.2, 0.25) is 0 Å². The highest BCUT2D eigenvalue weighted by Gasteiger charge is 2.68. The summed E-state index contributed by atoms with van der Waals surface area (Å²) >= 11 is 0. The van der Waals surface area contributed by atoms with Gasteiger partial charge in [-0.05, 0) is 79.8 Å². The second-order valence-electron chi connectivity index (χ2n) is 13.9. The molecule has 2 aromatic carbocycles. The van der Waals surface area contributed by atoms with E-state index in [1.807, 2.05) is 0 Å². The van der Waals surface area contributed by atoms with Gasteiger partial charge in [0, 0.05) is 41.1 Å². The van der Waals surface area contributed by atoms with E-state index in [0.29, 0.717) is 45.6 Å². The number of fused-ring (bicyclic) bond motifs is 4. The van der Waals surface area contributed by atoms with Crippen molar-refractivity contribution < 1.29 is 40.6 Å². The number of nitrogens with one attached hydrogen (secondary N) is 1. The molecule has 9 nitrogen and oxygen atoms in total. The molecule has 2 fully saturated rings. The Morgan fingerprint density at radius 1 is 1.09 bits per heavy atom. The van der Waals surface area contributed by atoms with E-state index in [-0.39, 0.29) is 35.6 Å². The minimum absolute atomic E-state index is 0.0785. The predicted molar refractivity (Wildman–Crippen MR) is 177 cm³/mol. The molecule has 1 unspecified atom stereocenters. The SMILES string of the molecule is Cn1nc(N)c2cccc(-c3ccc(C#CC4(O)CCC4)nc3[C@H](Cc3cc(F)cc(F)c3)NC(=O)Cn3nc(C(F)(F)F)c4c3C(F)(F)C3C[C@H]43)c21. The summed E-state index contributed by atoms with van der Waals surface area (Å²) in [6, 6.07) is 9.95. The van der Waals surface area contributed by atoms with Crippen molar-refractivity contribution in [3.05, 3.63) is 94.1 Å². The van der Waals surface area contributed by atoms with Crippen LogP contribution in [0.4, 0.5) is 36.6 Å². The maximum Gasteiger partial charge on any atom is 0.435 e. The number of alkyl halides is 5. The van der Waals surface area contributed by atoms with Crippen molar-refractivity contribution in [2.24, 2.45) is 13.0 Å². The van der Waals surface area contributed by atoms with Crippen molar-refractivity contribution in [3.8, 4) is 23.0 Å². The minimum atomic E-state index is -5.04. The Kier molecular flexibility index (Phi) is 7.88. The molecular weight excluding hydrogens is 707 g/mol. The summed E-state index contributed by atoms with van der Waals surface area (Å²) in [6.07, 6.45) is -3.73. The van der Waals surface area contributed by atoms with Gasteiger partial charge in [-0.15, -0.1) is 0 Å². The molecule has 1 amide bonds. The van der Waals surface area contributed by atoms with Gasteiger partial charge in [0.1, 0.15) is 35.2 Å². The highest BCUT2D eigenvalue weighted by Crippen LogP contribution is 2.68. The fourth-order valence-corrected chi connectivity index (χ4v) is 7.59. The van der Waals surface area contributed by atoms with Gasteiger partial charge >= 0.3 is 6.18 Å². The topological polar surface area (TPSA) is 124 Å². The van der Waals surface area contributed by atoms with Crippen LogP contribution in [0.5, 0.6) is 0 Å². The summed E-state index contributed by atoms with van der Waals surface area (Å²) in [7, 11) is 1.67. The molecule has 8 rings (SSSR count). The Bertz CT molecular complexity index is 2370. The van der Waals surface area contributed by atoms with Gasteiger partial charge < -0.3 is 16.2 Å². The second-order valence-corrected chi connectivity index (χ2v) is 13.9. The first-order valence-corrected chi connectivity index (χ1v) is 16.8. The average Bonchev–Trinajstić information content (AvgIpc) is 3.62. The fraction of sp³-hybridized carbons (Fsp3) is 0.351. The van der Waals surface area contributed by atoms with E-state index in [2.05, 4.69) is 27.4 Å². The number of halogens is 7. The van der Waals surface area contributed by atoms with Crippen molar-refractivity contribution in [1.29, 1.82) is 0 Å². The van der Waals surface area contributed by atoms with Gasteiger partial charge in [-0.3, -0.25) is 14.2 Å². The van der Waals surface area contributed by atoms with Crippen LogP contribution in [-0.2, 0) is 36.9 Å². The molecule has 3 heterocycles. The number of nitrogens with two attached hydrogens (primary N) is 1. The largest absolute Gasteiger partial charge is 0.435 e. The smallest absolute Gasteiger partial charge is 0.382 e. The molecule has 274 valence electrons. The Morgan fingerprint density at radius 2 is 1.83 bits per heavy atom. The number of aliphatic hydroxyl groups is 1. The number of nitrogen functional groups attached to an aromatic ring is 1. The van der Waals surface area contributed by atoms with Gasteiger partial charge in [-0.2, -0.15) is 32.1 Å². The summed E-state index contributed by atoms with van der Waals surface area (Å²) < 4.78 is 103. The molecule has 4 N–H and O–H groups in total. The van der Waals surface area contributed by atoms with Crippen molar-refractivity contribution in [3.63, 3.8) is 0 Å². The molecule has 53 heavy (non-hydrogen) atoms. The monoisotopic (exact) mass is 737 g/mol. The fourth-order valence-electron chi connectivity index (χ4n) is 7.59. The molecule has 3 aliphatic carbocycles. The zero-order chi connectivity index (χ0) is 37.6. The number of anilines is 1. The molecule has 16 heteroatoms. The van der Waals surface area contributed by atoms with Gasteiger partial charge in [-0.25, -0.2) is 13.8 Å². The minimum Gasteiger partial charge on any atom is -0.382 e. The number of hydrogen-bond acceptors (Lipinski definition) is 6. The lowest BCUT2D eigenvalue weighted by molar-refractivity contribution is -0.142. The van der Waals surface area contributed by atoms with Gasteiger partial charge in [0.15, 0.2) is 11.5 Å². The Hall–Kier alpha value is -5.43. The van der Waals surface area contributed by atoms with Crippen LogP contribution in [0.3, 0.4) is 0 Å². The summed E-state index contributed by atoms with van der Waals surface area (Å²) in [5.74, 6) is -2.87. The zero-order valence-electron chi connectivity index (χ0n) is 27.9. The van der Waals surface area contributed by atoms with E-state index in [0.717, 1.165) is 18.6 Å². The van der Waals surface area contributed by atoms with E-state index < -0.39 is 76.6 Å². The van der Waals surface area contributed by atoms with Crippen molar-refractivity contribution in [1.82, 2.24) is 29.9 Å². The standard InChI is InChI=1S/C37H30F7N7O2/c1-50-31-23(4-2-5-24(31)34(45)49-50)22-7-6-21(8-11-35(53)9-3-10-35)46-30(22)27(14-18-12-19(38)15-20(39)13-18)47-28(52)17-51-33-29(32(48-51)37(42,43)44)25-16-26(25)36(33,40)41/h2,4-7,12-13,15,25-27,53H,3,9-10,14,16-17H2,1H3,(H2,45,49)(H,47,52)/t25-,26?,27-/m0/s1. The van der Waals surface area contributed by atoms with E-state index in [4.69, 9.17) is 10.7 Å². The molecule has 5 aromatic rings. The summed E-state index contributed by atoms with van der Waals surface area (Å²) in [6.45, 7) is -1.02. The Balaban J connectivity index is 1.25. The highest BCUT2D eigenvalue weighted by molar-refractivity contribution is 6.00. The molecule has 0 radical (unpaired) electrons. The van der Waals surface area contributed by atoms with Crippen LogP contribution >= 0.6 is 0 Å². The number of carbonyl (C=O) groups excluding carboxylic acids is 1. The number of para-hydroxylation sites is 1. The number of pyridine rings is 1. The first-order chi connectivity index (χ1) is 25.0. The Labute approximate surface area is 297 Å². The normalized spacial score (nSPS) is 19.9. The molecule has 0 aliphatic heterocycles. The van der Waals surface area contributed by atoms with Crippen molar-refractivity contribution >= 4 is 22.6 Å². The van der Waals surface area contributed by atoms with Gasteiger partial charge in [0.05, 0.1) is 17.3 Å². The third-order valence-corrected chi connectivity index (χ3v) is 10.2. The molecule has 0 bridgehead atoms. The lowest BCUT2D eigenvalue weighted by Crippen LogP contribution is -2.35. The maximum atomic E-state index is 15.3. The van der Waals surface area contributed by atoms with Gasteiger partial charge in [0.25, 0.3) is 5.92 Å². The second kappa shape index (κ2) is 12.1. The molecule has 3 aromatic heterocycles. The van der Waals surface area contributed by atoms with E-state index in [1.165, 1.54) is 0 Å². The summed E-state index contributed by atoms with van der Waals surface area (Å²) in [4.78, 5) is 18.6. The van der Waals surface area contributed by atoms with Crippen LogP contribution in [0.1, 0.15) is 71.5 Å². The zero-order valence-corrected chi connectivity index (χ0v) is 27.9. The number of nitrogens with zero attached hydrogens (tertiary/aromatic N) is 5. The van der Waals surface area contributed by atoms with E-state index in [9.17, 15) is 31.9 Å². The third kappa shape index (κ3) is 6.06. The number of amides is 1. The number of hydrogen-bond donors (Lipinski definition) is 3. The maximum absolute atomic E-state index is 15.3. The van der Waals surface area contributed by atoms with Crippen LogP contribution in [0.25, 0.3) is 22.0 Å². The molecule has 0 saturated heterocycles. The summed E-state index contributed by atoms with van der Waals surface area (Å²) in [5.41, 5.74) is 3.85.